The fourth-order valence-corrected chi connectivity index (χ4v) is 12.9. The zero-order valence-corrected chi connectivity index (χ0v) is 50.9. The van der Waals surface area contributed by atoms with Gasteiger partial charge in [0.15, 0.2) is 24.8 Å². The Labute approximate surface area is 489 Å². The number of hydrogen-bond acceptors (Lipinski definition) is 10. The van der Waals surface area contributed by atoms with Crippen LogP contribution in [0.4, 0.5) is 0 Å². The van der Waals surface area contributed by atoms with E-state index in [2.05, 4.69) is 98.3 Å². The smallest absolute Gasteiger partial charge is 0.310 e. The molecule has 0 saturated carbocycles. The average molecular weight is 1120 g/mol. The second-order valence-electron chi connectivity index (χ2n) is 21.4. The number of benzene rings is 4. The maximum Gasteiger partial charge on any atom is 0.310 e. The number of hydrogen-bond donors (Lipinski definition) is 0. The van der Waals surface area contributed by atoms with E-state index in [0.717, 1.165) is 80.0 Å². The van der Waals surface area contributed by atoms with Crippen molar-refractivity contribution in [3.05, 3.63) is 216 Å². The Morgan fingerprint density at radius 2 is 0.875 bits per heavy atom. The lowest BCUT2D eigenvalue weighted by Crippen LogP contribution is -2.45. The molecule has 0 N–H and O–H groups in total. The highest BCUT2D eigenvalue weighted by Crippen LogP contribution is 2.49. The third kappa shape index (κ3) is 22.6. The third-order valence-electron chi connectivity index (χ3n) is 14.9. The molecule has 1 fully saturated rings. The van der Waals surface area contributed by atoms with Gasteiger partial charge in [-0.15, -0.1) is 0 Å². The van der Waals surface area contributed by atoms with E-state index in [-0.39, 0.29) is 49.3 Å². The highest BCUT2D eigenvalue weighted by molar-refractivity contribution is 8.77. The number of ketones is 2. The second-order valence-corrected chi connectivity index (χ2v) is 24.4. The Morgan fingerprint density at radius 1 is 0.525 bits per heavy atom. The van der Waals surface area contributed by atoms with Crippen LogP contribution in [0.1, 0.15) is 140 Å². The van der Waals surface area contributed by atoms with Crippen molar-refractivity contribution < 1.29 is 28.7 Å². The number of unbranched alkanes of at least 4 members (excludes halogenated alkanes) is 1. The SMILES string of the molecule is CC(CC(C(=O)COC(=O)CCCC[C@]1(C)CCSS1)(c1ccccc1)c1ccccc1)N(C)C.CC/C=C\C/C=C\C/C=C\C/C=C\C/C=C\C/C=C\CC(=O)OCC(=O)C(CC(C)N(C)C)(c1ccccc1)c1ccccc1. The van der Waals surface area contributed by atoms with Gasteiger partial charge in [-0.3, -0.25) is 19.2 Å². The van der Waals surface area contributed by atoms with Crippen LogP contribution in [0.15, 0.2) is 194 Å². The molecule has 0 amide bonds. The molecule has 4 aromatic rings. The lowest BCUT2D eigenvalue weighted by atomic mass is 9.67. The molecule has 0 radical (unpaired) electrons. The van der Waals surface area contributed by atoms with Crippen molar-refractivity contribution in [3.8, 4) is 0 Å². The number of Topliss-reactive ketones (excluding diaryl/α,β-unsaturated/α-hetero) is 2. The van der Waals surface area contributed by atoms with Crippen molar-refractivity contribution in [2.75, 3.05) is 47.2 Å². The van der Waals surface area contributed by atoms with E-state index in [1.54, 1.807) is 0 Å². The molecule has 0 spiro atoms. The number of ether oxygens (including phenoxy) is 2. The molecule has 0 aliphatic carbocycles. The Bertz CT molecular complexity index is 2500. The van der Waals surface area contributed by atoms with Gasteiger partial charge in [-0.1, -0.05) is 229 Å². The molecule has 1 aliphatic heterocycles. The van der Waals surface area contributed by atoms with E-state index in [1.807, 2.05) is 183 Å². The van der Waals surface area contributed by atoms with Crippen molar-refractivity contribution in [1.29, 1.82) is 0 Å². The highest BCUT2D eigenvalue weighted by Gasteiger charge is 2.45. The lowest BCUT2D eigenvalue weighted by Gasteiger charge is -2.37. The molecule has 1 heterocycles. The minimum atomic E-state index is -0.930. The normalized spacial score (nSPS) is 15.9. The number of rotatable bonds is 34. The van der Waals surface area contributed by atoms with E-state index in [0.29, 0.717) is 24.0 Å². The Kier molecular flexibility index (Phi) is 31.1. The summed E-state index contributed by atoms with van der Waals surface area (Å²) < 4.78 is 11.4. The second kappa shape index (κ2) is 37.3. The lowest BCUT2D eigenvalue weighted by molar-refractivity contribution is -0.149. The topological polar surface area (TPSA) is 93.2 Å². The minimum absolute atomic E-state index is 0.0798. The quantitative estimate of drug-likeness (QED) is 0.0195. The van der Waals surface area contributed by atoms with Crippen LogP contribution < -0.4 is 0 Å². The summed E-state index contributed by atoms with van der Waals surface area (Å²) in [6, 6.07) is 39.8. The van der Waals surface area contributed by atoms with Crippen molar-refractivity contribution in [2.24, 2.45) is 0 Å². The number of carbonyl (C=O) groups excluding carboxylic acids is 4. The molecule has 80 heavy (non-hydrogen) atoms. The van der Waals surface area contributed by atoms with Crippen LogP contribution in [0.2, 0.25) is 0 Å². The molecule has 0 aromatic heterocycles. The van der Waals surface area contributed by atoms with Gasteiger partial charge in [0, 0.05) is 29.0 Å². The van der Waals surface area contributed by atoms with Gasteiger partial charge in [-0.05, 0) is 142 Å². The standard InChI is InChI=1S/C41H53NO3.C29H39NO3S2/c1-5-6-7-8-9-10-11-12-13-14-15-16-17-18-19-20-21-28-33-40(44)45-35-39(43)41(34-36(2)42(3)4,37-29-24-22-25-30-37)38-31-26-23-27-32-38;1-23(30(3)4)21-29(24-13-7-5-8-14-24,25-15-9-6-10-16-25)26(31)22-33-27(32)17-11-12-18-28(2)19-20-34-35-28/h6-7,9-10,12-13,15-16,18-19,21-32,36H,5,8,11,14,17,20,33-35H2,1-4H3;5-10,13-16,23H,11-12,17-22H2,1-4H3/b7-6-,10-9-,13-12-,16-15-,19-18-,28-21-;/t;23?,28-/m.1/s1. The fraction of sp³-hybridized carbons (Fsp3) is 0.429. The van der Waals surface area contributed by atoms with E-state index in [4.69, 9.17) is 9.47 Å². The molecular formula is C70H92N2O6S2. The van der Waals surface area contributed by atoms with Crippen LogP contribution in [0.25, 0.3) is 0 Å². The van der Waals surface area contributed by atoms with Crippen LogP contribution in [-0.4, -0.2) is 97.3 Å². The van der Waals surface area contributed by atoms with Gasteiger partial charge < -0.3 is 19.3 Å². The summed E-state index contributed by atoms with van der Waals surface area (Å²) in [7, 11) is 12.0. The van der Waals surface area contributed by atoms with Gasteiger partial charge >= 0.3 is 11.9 Å². The van der Waals surface area contributed by atoms with Gasteiger partial charge in [0.1, 0.15) is 0 Å². The highest BCUT2D eigenvalue weighted by atomic mass is 33.1. The third-order valence-corrected chi connectivity index (χ3v) is 18.3. The summed E-state index contributed by atoms with van der Waals surface area (Å²) in [5.74, 6) is 0.322. The fourth-order valence-electron chi connectivity index (χ4n) is 9.61. The molecular weight excluding hydrogens is 1030 g/mol. The van der Waals surface area contributed by atoms with Crippen LogP contribution in [-0.2, 0) is 39.5 Å². The summed E-state index contributed by atoms with van der Waals surface area (Å²) in [4.78, 5) is 57.4. The number of nitrogens with zero attached hydrogens (tertiary/aromatic N) is 2. The molecule has 1 aliphatic rings. The van der Waals surface area contributed by atoms with Crippen LogP contribution >= 0.6 is 21.6 Å². The number of esters is 2. The average Bonchev–Trinajstić information content (AvgIpc) is 4.08. The minimum Gasteiger partial charge on any atom is -0.458 e. The maximum absolute atomic E-state index is 14.0. The van der Waals surface area contributed by atoms with E-state index >= 15 is 0 Å². The Balaban J connectivity index is 0.000000355. The monoisotopic (exact) mass is 1120 g/mol. The van der Waals surface area contributed by atoms with Crippen LogP contribution in [0.5, 0.6) is 0 Å². The van der Waals surface area contributed by atoms with E-state index < -0.39 is 16.8 Å². The molecule has 1 saturated heterocycles. The van der Waals surface area contributed by atoms with Gasteiger partial charge in [0.05, 0.1) is 17.3 Å². The van der Waals surface area contributed by atoms with Gasteiger partial charge in [-0.2, -0.15) is 0 Å². The van der Waals surface area contributed by atoms with Crippen molar-refractivity contribution >= 4 is 45.1 Å². The van der Waals surface area contributed by atoms with E-state index in [1.165, 1.54) is 12.2 Å². The Hall–Kier alpha value is -5.78. The molecule has 0 bridgehead atoms. The maximum atomic E-state index is 14.0. The predicted molar refractivity (Wildman–Crippen MR) is 339 cm³/mol. The van der Waals surface area contributed by atoms with Crippen molar-refractivity contribution in [2.45, 2.75) is 145 Å². The van der Waals surface area contributed by atoms with E-state index in [9.17, 15) is 19.2 Å². The zero-order chi connectivity index (χ0) is 57.9. The van der Waals surface area contributed by atoms with Gasteiger partial charge in [-0.25, -0.2) is 0 Å². The molecule has 5 rings (SSSR count). The number of allylic oxidation sites excluding steroid dienone is 11. The molecule has 2 unspecified atom stereocenters. The zero-order valence-electron chi connectivity index (χ0n) is 49.3. The van der Waals surface area contributed by atoms with Gasteiger partial charge in [0.2, 0.25) is 0 Å². The predicted octanol–water partition coefficient (Wildman–Crippen LogP) is 16.0. The summed E-state index contributed by atoms with van der Waals surface area (Å²) >= 11 is 0. The van der Waals surface area contributed by atoms with Crippen molar-refractivity contribution in [1.82, 2.24) is 9.80 Å². The first-order valence-electron chi connectivity index (χ1n) is 28.8. The number of carbonyl (C=O) groups is 4. The summed E-state index contributed by atoms with van der Waals surface area (Å²) in [6.07, 6.45) is 36.9. The largest absolute Gasteiger partial charge is 0.458 e. The molecule has 8 nitrogen and oxygen atoms in total. The van der Waals surface area contributed by atoms with Crippen LogP contribution in [0, 0.1) is 0 Å². The Morgan fingerprint density at radius 3 is 1.21 bits per heavy atom. The molecule has 430 valence electrons. The van der Waals surface area contributed by atoms with Crippen LogP contribution in [0.3, 0.4) is 0 Å². The summed E-state index contributed by atoms with van der Waals surface area (Å²) in [6.45, 7) is 8.21. The van der Waals surface area contributed by atoms with Crippen molar-refractivity contribution in [3.63, 3.8) is 0 Å². The molecule has 10 heteroatoms. The first-order valence-corrected chi connectivity index (χ1v) is 31.1. The summed E-state index contributed by atoms with van der Waals surface area (Å²) in [5, 5.41) is 0. The molecule has 4 aromatic carbocycles. The summed E-state index contributed by atoms with van der Waals surface area (Å²) in [5.41, 5.74) is 1.85. The first kappa shape index (κ1) is 66.7. The first-order chi connectivity index (χ1) is 38.7. The van der Waals surface area contributed by atoms with Gasteiger partial charge in [0.25, 0.3) is 0 Å². The molecule has 3 atom stereocenters.